The largest absolute Gasteiger partial charge is 0.444 e. The summed E-state index contributed by atoms with van der Waals surface area (Å²) < 4.78 is 20.1. The first kappa shape index (κ1) is 17.5. The summed E-state index contributed by atoms with van der Waals surface area (Å²) in [6.07, 6.45) is 1.85. The lowest BCUT2D eigenvalue weighted by Gasteiger charge is -2.36. The zero-order valence-corrected chi connectivity index (χ0v) is 15.2. The molecule has 140 valence electrons. The highest BCUT2D eigenvalue weighted by Crippen LogP contribution is 2.40. The maximum absolute atomic E-state index is 14.9. The topological polar surface area (TPSA) is 75.9 Å². The molecule has 4 rings (SSSR count). The number of thioether (sulfide) groups is 1. The smallest absolute Gasteiger partial charge is 0.414 e. The van der Waals surface area contributed by atoms with Crippen molar-refractivity contribution in [2.24, 2.45) is 5.73 Å². The van der Waals surface area contributed by atoms with Gasteiger partial charge >= 0.3 is 6.09 Å². The van der Waals surface area contributed by atoms with Gasteiger partial charge in [0.2, 0.25) is 5.91 Å². The zero-order valence-electron chi connectivity index (χ0n) is 14.4. The fraction of sp³-hybridized carbons (Fsp3) is 0.556. The van der Waals surface area contributed by atoms with Crippen molar-refractivity contribution in [2.45, 2.75) is 43.9 Å². The van der Waals surface area contributed by atoms with Crippen molar-refractivity contribution in [3.05, 3.63) is 24.0 Å². The van der Waals surface area contributed by atoms with Gasteiger partial charge in [0.05, 0.1) is 17.9 Å². The Kier molecular flexibility index (Phi) is 4.69. The van der Waals surface area contributed by atoms with Crippen molar-refractivity contribution in [1.29, 1.82) is 0 Å². The molecular formula is C18H22FN3O3S. The number of halogens is 1. The number of hydrogen-bond acceptors (Lipinski definition) is 5. The van der Waals surface area contributed by atoms with Crippen molar-refractivity contribution in [3.63, 3.8) is 0 Å². The van der Waals surface area contributed by atoms with Crippen molar-refractivity contribution in [3.8, 4) is 0 Å². The predicted molar refractivity (Wildman–Crippen MR) is 99.1 cm³/mol. The number of primary amides is 1. The van der Waals surface area contributed by atoms with Crippen LogP contribution < -0.4 is 15.5 Å². The van der Waals surface area contributed by atoms with Gasteiger partial charge in [-0.3, -0.25) is 9.69 Å². The molecule has 3 heterocycles. The summed E-state index contributed by atoms with van der Waals surface area (Å²) in [5, 5.41) is 0. The number of carbonyl (C=O) groups excluding carboxylic acids is 2. The Labute approximate surface area is 155 Å². The van der Waals surface area contributed by atoms with E-state index >= 15 is 0 Å². The van der Waals surface area contributed by atoms with Gasteiger partial charge in [-0.05, 0) is 37.5 Å². The highest BCUT2D eigenvalue weighted by molar-refractivity contribution is 7.99. The van der Waals surface area contributed by atoms with Gasteiger partial charge in [-0.25, -0.2) is 9.18 Å². The van der Waals surface area contributed by atoms with Gasteiger partial charge in [0, 0.05) is 30.0 Å². The van der Waals surface area contributed by atoms with E-state index in [9.17, 15) is 14.0 Å². The number of cyclic esters (lactones) is 1. The lowest BCUT2D eigenvalue weighted by Crippen LogP contribution is -2.43. The lowest BCUT2D eigenvalue weighted by molar-refractivity contribution is -0.118. The number of ether oxygens (including phenoxy) is 1. The Balaban J connectivity index is 1.49. The second-order valence-electron chi connectivity index (χ2n) is 7.09. The van der Waals surface area contributed by atoms with Crippen molar-refractivity contribution in [1.82, 2.24) is 0 Å². The summed E-state index contributed by atoms with van der Waals surface area (Å²) in [5.74, 6) is 1.35. The van der Waals surface area contributed by atoms with Crippen LogP contribution in [0.1, 0.15) is 25.7 Å². The van der Waals surface area contributed by atoms with Gasteiger partial charge in [0.25, 0.3) is 0 Å². The second kappa shape index (κ2) is 6.98. The van der Waals surface area contributed by atoms with Gasteiger partial charge in [0.15, 0.2) is 0 Å². The van der Waals surface area contributed by atoms with E-state index in [0.717, 1.165) is 24.3 Å². The number of nitrogens with two attached hydrogens (primary N) is 1. The van der Waals surface area contributed by atoms with Gasteiger partial charge in [-0.15, -0.1) is 0 Å². The van der Waals surface area contributed by atoms with Gasteiger partial charge in [0.1, 0.15) is 11.9 Å². The SMILES string of the molecule is NC(=O)CC[C@H]1CN(c2ccc(N3[C@@H]4CC[C@H]3CSC4)c(F)c2)C(=O)O1. The minimum absolute atomic E-state index is 0.162. The molecule has 6 nitrogen and oxygen atoms in total. The van der Waals surface area contributed by atoms with Crippen molar-refractivity contribution in [2.75, 3.05) is 27.9 Å². The molecule has 0 aliphatic carbocycles. The zero-order chi connectivity index (χ0) is 18.3. The average Bonchev–Trinajstić information content (AvgIpc) is 3.09. The van der Waals surface area contributed by atoms with Crippen LogP contribution >= 0.6 is 11.8 Å². The normalized spacial score (nSPS) is 27.7. The summed E-state index contributed by atoms with van der Waals surface area (Å²) in [4.78, 5) is 26.6. The third-order valence-electron chi connectivity index (χ3n) is 5.35. The van der Waals surface area contributed by atoms with Crippen LogP contribution in [0.4, 0.5) is 20.6 Å². The molecule has 3 aliphatic heterocycles. The van der Waals surface area contributed by atoms with E-state index in [0.29, 0.717) is 36.4 Å². The first-order valence-electron chi connectivity index (χ1n) is 8.95. The average molecular weight is 379 g/mol. The molecule has 1 aromatic rings. The second-order valence-corrected chi connectivity index (χ2v) is 8.16. The fourth-order valence-corrected chi connectivity index (χ4v) is 5.42. The molecule has 0 saturated carbocycles. The lowest BCUT2D eigenvalue weighted by atomic mass is 10.1. The van der Waals surface area contributed by atoms with Crippen LogP contribution in [-0.4, -0.2) is 48.2 Å². The minimum Gasteiger partial charge on any atom is -0.444 e. The molecule has 2 N–H and O–H groups in total. The third kappa shape index (κ3) is 3.22. The monoisotopic (exact) mass is 379 g/mol. The van der Waals surface area contributed by atoms with Gasteiger partial charge in [-0.2, -0.15) is 11.8 Å². The number of rotatable bonds is 5. The van der Waals surface area contributed by atoms with Crippen molar-refractivity contribution >= 4 is 35.1 Å². The molecule has 8 heteroatoms. The minimum atomic E-state index is -0.513. The maximum Gasteiger partial charge on any atom is 0.414 e. The first-order valence-corrected chi connectivity index (χ1v) is 10.1. The Hall–Kier alpha value is -1.96. The summed E-state index contributed by atoms with van der Waals surface area (Å²) in [6.45, 7) is 0.302. The molecule has 3 atom stereocenters. The predicted octanol–water partition coefficient (Wildman–Crippen LogP) is 2.50. The molecule has 3 aliphatic rings. The number of carbonyl (C=O) groups is 2. The van der Waals surface area contributed by atoms with E-state index in [1.54, 1.807) is 12.1 Å². The first-order chi connectivity index (χ1) is 12.5. The van der Waals surface area contributed by atoms with E-state index in [2.05, 4.69) is 4.90 Å². The van der Waals surface area contributed by atoms with E-state index in [1.807, 2.05) is 11.8 Å². The third-order valence-corrected chi connectivity index (χ3v) is 6.59. The molecule has 0 aromatic heterocycles. The highest BCUT2D eigenvalue weighted by atomic mass is 32.2. The molecule has 3 fully saturated rings. The number of benzene rings is 1. The molecule has 2 amide bonds. The molecule has 3 saturated heterocycles. The fourth-order valence-electron chi connectivity index (χ4n) is 4.08. The Morgan fingerprint density at radius 3 is 2.69 bits per heavy atom. The van der Waals surface area contributed by atoms with E-state index in [-0.39, 0.29) is 12.2 Å². The highest BCUT2D eigenvalue weighted by Gasteiger charge is 2.38. The van der Waals surface area contributed by atoms with Crippen LogP contribution in [-0.2, 0) is 9.53 Å². The summed E-state index contributed by atoms with van der Waals surface area (Å²) in [5.41, 5.74) is 6.24. The molecule has 0 unspecified atom stereocenters. The Morgan fingerprint density at radius 2 is 2.04 bits per heavy atom. The van der Waals surface area contributed by atoms with Crippen LogP contribution in [0.15, 0.2) is 18.2 Å². The molecule has 26 heavy (non-hydrogen) atoms. The van der Waals surface area contributed by atoms with Crippen LogP contribution in [0.5, 0.6) is 0 Å². The summed E-state index contributed by atoms with van der Waals surface area (Å²) >= 11 is 1.94. The number of amides is 2. The van der Waals surface area contributed by atoms with Gasteiger partial charge in [-0.1, -0.05) is 0 Å². The number of anilines is 2. The maximum atomic E-state index is 14.9. The van der Waals surface area contributed by atoms with E-state index in [4.69, 9.17) is 10.5 Å². The number of hydrogen-bond donors (Lipinski definition) is 1. The van der Waals surface area contributed by atoms with Gasteiger partial charge < -0.3 is 15.4 Å². The van der Waals surface area contributed by atoms with E-state index < -0.39 is 18.1 Å². The summed E-state index contributed by atoms with van der Waals surface area (Å²) in [7, 11) is 0. The Morgan fingerprint density at radius 1 is 1.31 bits per heavy atom. The van der Waals surface area contributed by atoms with Crippen LogP contribution in [0, 0.1) is 5.82 Å². The number of fused-ring (bicyclic) bond motifs is 2. The van der Waals surface area contributed by atoms with Crippen LogP contribution in [0.3, 0.4) is 0 Å². The molecule has 2 bridgehead atoms. The Bertz CT molecular complexity index is 716. The van der Waals surface area contributed by atoms with E-state index in [1.165, 1.54) is 11.0 Å². The quantitative estimate of drug-likeness (QED) is 0.851. The molecule has 0 spiro atoms. The summed E-state index contributed by atoms with van der Waals surface area (Å²) in [6, 6.07) is 5.75. The van der Waals surface area contributed by atoms with Crippen LogP contribution in [0.25, 0.3) is 0 Å². The molecule has 1 aromatic carbocycles. The molecular weight excluding hydrogens is 357 g/mol. The molecule has 0 radical (unpaired) electrons. The number of nitrogens with zero attached hydrogens (tertiary/aromatic N) is 2. The standard InChI is InChI=1S/C18H22FN3O3S/c19-15-7-11(21-8-14(25-18(21)24)4-6-17(20)23)3-5-16(15)22-12-1-2-13(22)10-26-9-12/h3,5,7,12-14H,1-2,4,6,8-10H2,(H2,20,23)/t12-,13+,14-/m0/s1. The van der Waals surface area contributed by atoms with Crippen LogP contribution in [0.2, 0.25) is 0 Å². The van der Waals surface area contributed by atoms with Crippen molar-refractivity contribution < 1.29 is 18.7 Å².